The van der Waals surface area contributed by atoms with Crippen LogP contribution in [0.3, 0.4) is 0 Å². The van der Waals surface area contributed by atoms with Crippen LogP contribution in [0.2, 0.25) is 0 Å². The van der Waals surface area contributed by atoms with Crippen molar-refractivity contribution in [3.8, 4) is 11.5 Å². The third-order valence-corrected chi connectivity index (χ3v) is 4.69. The fourth-order valence-corrected chi connectivity index (χ4v) is 3.22. The molecule has 2 saturated heterocycles. The molecule has 0 aromatic heterocycles. The number of nitrogens with zero attached hydrogens (tertiary/aromatic N) is 3. The summed E-state index contributed by atoms with van der Waals surface area (Å²) >= 11 is 0. The largest absolute Gasteiger partial charge is 0.497 e. The molecule has 0 spiro atoms. The van der Waals surface area contributed by atoms with Crippen LogP contribution in [0.5, 0.6) is 11.5 Å². The van der Waals surface area contributed by atoms with E-state index in [4.69, 9.17) is 14.6 Å². The molecule has 11 nitrogen and oxygen atoms in total. The highest BCUT2D eigenvalue weighted by molar-refractivity contribution is 6.04. The normalized spacial score (nSPS) is 23.5. The first-order valence-corrected chi connectivity index (χ1v) is 9.15. The predicted octanol–water partition coefficient (Wildman–Crippen LogP) is -1.44. The number of rotatable bonds is 8. The van der Waals surface area contributed by atoms with Crippen molar-refractivity contribution < 1.29 is 29.3 Å². The van der Waals surface area contributed by atoms with E-state index in [2.05, 4.69) is 15.6 Å². The number of hydrogen-bond acceptors (Lipinski definition) is 7. The van der Waals surface area contributed by atoms with E-state index in [0.717, 1.165) is 0 Å². The molecule has 3 atom stereocenters. The van der Waals surface area contributed by atoms with Crippen LogP contribution < -0.4 is 20.1 Å². The molecule has 0 radical (unpaired) electrons. The van der Waals surface area contributed by atoms with Gasteiger partial charge in [-0.3, -0.25) is 15.1 Å². The molecule has 2 fully saturated rings. The molecule has 2 aliphatic rings. The molecular weight excluding hydrogens is 382 g/mol. The summed E-state index contributed by atoms with van der Waals surface area (Å²) in [6.07, 6.45) is -1.56. The number of imide groups is 1. The standard InChI is InChI=1S/C18H25N5O6/c1-22-15-14(16(26)21-18(22)27)23(17(20-15)19-7-8-24)9-11(25)10-29-13-5-3-12(28-2)4-6-13/h3-6,11,14-15,24-25H,7-10H2,1-2H3,(H,19,20)(H,21,26,27). The zero-order valence-corrected chi connectivity index (χ0v) is 16.2. The number of carbonyl (C=O) groups excluding carboxylic acids is 2. The van der Waals surface area contributed by atoms with Crippen LogP contribution >= 0.6 is 0 Å². The van der Waals surface area contributed by atoms with E-state index in [9.17, 15) is 14.7 Å². The van der Waals surface area contributed by atoms with Gasteiger partial charge in [0.1, 0.15) is 30.4 Å². The van der Waals surface area contributed by atoms with Gasteiger partial charge in [-0.15, -0.1) is 0 Å². The van der Waals surface area contributed by atoms with Gasteiger partial charge in [0.05, 0.1) is 26.8 Å². The Morgan fingerprint density at radius 1 is 1.24 bits per heavy atom. The molecule has 3 amide bonds. The first-order chi connectivity index (χ1) is 13.9. The van der Waals surface area contributed by atoms with Crippen molar-refractivity contribution >= 4 is 17.9 Å². The number of urea groups is 1. The van der Waals surface area contributed by atoms with Crippen LogP contribution in [0.1, 0.15) is 0 Å². The lowest BCUT2D eigenvalue weighted by molar-refractivity contribution is -0.127. The summed E-state index contributed by atoms with van der Waals surface area (Å²) in [7, 11) is 3.13. The monoisotopic (exact) mass is 407 g/mol. The van der Waals surface area contributed by atoms with Gasteiger partial charge >= 0.3 is 6.03 Å². The summed E-state index contributed by atoms with van der Waals surface area (Å²) < 4.78 is 10.7. The van der Waals surface area contributed by atoms with Gasteiger partial charge in [-0.25, -0.2) is 4.79 Å². The lowest BCUT2D eigenvalue weighted by Crippen LogP contribution is -2.65. The Balaban J connectivity index is 1.68. The topological polar surface area (TPSA) is 136 Å². The van der Waals surface area contributed by atoms with Gasteiger partial charge in [-0.05, 0) is 24.3 Å². The number of benzene rings is 1. The Morgan fingerprint density at radius 3 is 2.59 bits per heavy atom. The summed E-state index contributed by atoms with van der Waals surface area (Å²) in [5, 5.41) is 24.9. The first kappa shape index (κ1) is 20.7. The van der Waals surface area contributed by atoms with E-state index in [1.165, 1.54) is 4.90 Å². The van der Waals surface area contributed by atoms with Crippen LogP contribution in [-0.4, -0.2) is 96.7 Å². The molecule has 4 N–H and O–H groups in total. The van der Waals surface area contributed by atoms with E-state index in [1.807, 2.05) is 0 Å². The minimum Gasteiger partial charge on any atom is -0.497 e. The predicted molar refractivity (Wildman–Crippen MR) is 103 cm³/mol. The molecule has 3 unspecified atom stereocenters. The van der Waals surface area contributed by atoms with Crippen molar-refractivity contribution in [3.05, 3.63) is 24.3 Å². The van der Waals surface area contributed by atoms with E-state index >= 15 is 0 Å². The second-order valence-electron chi connectivity index (χ2n) is 6.66. The SMILES string of the molecule is COc1ccc(OCC(O)CN2C(=NCCO)NC3C2C(=O)NC(=O)N3C)cc1. The Hall–Kier alpha value is -3.05. The van der Waals surface area contributed by atoms with Crippen LogP contribution in [0.4, 0.5) is 4.79 Å². The second kappa shape index (κ2) is 8.97. The molecule has 0 aliphatic carbocycles. The number of nitrogens with one attached hydrogen (secondary N) is 2. The number of carbonyl (C=O) groups is 2. The van der Waals surface area contributed by atoms with E-state index in [0.29, 0.717) is 17.5 Å². The average Bonchev–Trinajstić information content (AvgIpc) is 3.08. The number of aliphatic imine (C=N–C) groups is 1. The summed E-state index contributed by atoms with van der Waals surface area (Å²) in [6.45, 7) is -0.0115. The minimum absolute atomic E-state index is 0.0100. The number of aliphatic hydroxyl groups is 2. The number of aliphatic hydroxyl groups excluding tert-OH is 2. The lowest BCUT2D eigenvalue weighted by atomic mass is 10.1. The van der Waals surface area contributed by atoms with Crippen molar-refractivity contribution in [3.63, 3.8) is 0 Å². The minimum atomic E-state index is -0.937. The molecular formula is C18H25N5O6. The number of ether oxygens (including phenoxy) is 2. The number of hydrogen-bond donors (Lipinski definition) is 4. The first-order valence-electron chi connectivity index (χ1n) is 9.15. The van der Waals surface area contributed by atoms with Crippen LogP contribution in [0.25, 0.3) is 0 Å². The molecule has 0 saturated carbocycles. The number of likely N-dealkylation sites (N-methyl/N-ethyl adjacent to an activating group) is 1. The van der Waals surface area contributed by atoms with Gasteiger partial charge in [0, 0.05) is 7.05 Å². The van der Waals surface area contributed by atoms with Gasteiger partial charge < -0.3 is 34.8 Å². The van der Waals surface area contributed by atoms with Gasteiger partial charge in [0.15, 0.2) is 12.0 Å². The van der Waals surface area contributed by atoms with E-state index in [1.54, 1.807) is 43.3 Å². The molecule has 3 rings (SSSR count). The quantitative estimate of drug-likeness (QED) is 0.412. The molecule has 0 bridgehead atoms. The molecule has 2 aliphatic heterocycles. The molecule has 11 heteroatoms. The van der Waals surface area contributed by atoms with Crippen LogP contribution in [-0.2, 0) is 4.79 Å². The van der Waals surface area contributed by atoms with Crippen LogP contribution in [0, 0.1) is 0 Å². The third-order valence-electron chi connectivity index (χ3n) is 4.69. The fourth-order valence-electron chi connectivity index (χ4n) is 3.22. The van der Waals surface area contributed by atoms with Crippen molar-refractivity contribution in [2.45, 2.75) is 18.3 Å². The average molecular weight is 407 g/mol. The molecule has 2 heterocycles. The van der Waals surface area contributed by atoms with Crippen LogP contribution in [0.15, 0.2) is 29.3 Å². The number of amides is 3. The summed E-state index contributed by atoms with van der Waals surface area (Å²) in [4.78, 5) is 31.5. The van der Waals surface area contributed by atoms with Crippen molar-refractivity contribution in [1.82, 2.24) is 20.4 Å². The van der Waals surface area contributed by atoms with Crippen molar-refractivity contribution in [1.29, 1.82) is 0 Å². The highest BCUT2D eigenvalue weighted by Gasteiger charge is 2.50. The Labute approximate surface area is 167 Å². The zero-order chi connectivity index (χ0) is 21.0. The number of fused-ring (bicyclic) bond motifs is 1. The maximum Gasteiger partial charge on any atom is 0.325 e. The summed E-state index contributed by atoms with van der Waals surface area (Å²) in [5.41, 5.74) is 0. The molecule has 29 heavy (non-hydrogen) atoms. The highest BCUT2D eigenvalue weighted by atomic mass is 16.5. The second-order valence-corrected chi connectivity index (χ2v) is 6.66. The highest BCUT2D eigenvalue weighted by Crippen LogP contribution is 2.21. The van der Waals surface area contributed by atoms with Crippen molar-refractivity contribution in [2.24, 2.45) is 4.99 Å². The number of β-amino-alcohol motifs (C(OH)–C–C–N with tert-alkyl or cyclic N) is 1. The molecule has 1 aromatic rings. The zero-order valence-electron chi connectivity index (χ0n) is 16.2. The van der Waals surface area contributed by atoms with Crippen molar-refractivity contribution in [2.75, 3.05) is 40.5 Å². The summed E-state index contributed by atoms with van der Waals surface area (Å²) in [5.74, 6) is 1.10. The Bertz CT molecular complexity index is 771. The number of methoxy groups -OCH3 is 1. The van der Waals surface area contributed by atoms with Gasteiger partial charge in [-0.1, -0.05) is 0 Å². The third kappa shape index (κ3) is 4.51. The van der Waals surface area contributed by atoms with Gasteiger partial charge in [-0.2, -0.15) is 0 Å². The smallest absolute Gasteiger partial charge is 0.325 e. The molecule has 1 aromatic carbocycles. The Kier molecular flexibility index (Phi) is 6.39. The van der Waals surface area contributed by atoms with E-state index in [-0.39, 0.29) is 26.3 Å². The fraction of sp³-hybridized carbons (Fsp3) is 0.500. The van der Waals surface area contributed by atoms with E-state index < -0.39 is 30.2 Å². The lowest BCUT2D eigenvalue weighted by Gasteiger charge is -2.35. The molecule has 158 valence electrons. The van der Waals surface area contributed by atoms with Gasteiger partial charge in [0.2, 0.25) is 0 Å². The Morgan fingerprint density at radius 2 is 1.93 bits per heavy atom. The summed E-state index contributed by atoms with van der Waals surface area (Å²) in [6, 6.07) is 5.66. The maximum atomic E-state index is 12.4. The number of guanidine groups is 1. The maximum absolute atomic E-state index is 12.4. The van der Waals surface area contributed by atoms with Gasteiger partial charge in [0.25, 0.3) is 5.91 Å².